The lowest BCUT2D eigenvalue weighted by molar-refractivity contribution is -0.138. The Morgan fingerprint density at radius 3 is 2.46 bits per heavy atom. The summed E-state index contributed by atoms with van der Waals surface area (Å²) in [6.45, 7) is 5.21. The number of aliphatic hydroxyl groups is 1. The number of aliphatic hydroxyl groups excluding tert-OH is 1. The minimum absolute atomic E-state index is 0.203. The highest BCUT2D eigenvalue weighted by Gasteiger charge is 2.26. The second-order valence-corrected chi connectivity index (χ2v) is 8.82. The maximum absolute atomic E-state index is 13.6. The van der Waals surface area contributed by atoms with Crippen LogP contribution in [0.4, 0.5) is 4.39 Å². The molecule has 0 aliphatic heterocycles. The maximum Gasteiger partial charge on any atom is 0.331 e. The zero-order chi connectivity index (χ0) is 21.1. The molecule has 2 aromatic carbocycles. The summed E-state index contributed by atoms with van der Waals surface area (Å²) < 4.78 is 31.1. The van der Waals surface area contributed by atoms with Crippen LogP contribution in [-0.4, -0.2) is 33.3 Å². The van der Waals surface area contributed by atoms with Gasteiger partial charge in [0.25, 0.3) is 0 Å². The van der Waals surface area contributed by atoms with Crippen LogP contribution >= 0.6 is 7.60 Å². The van der Waals surface area contributed by atoms with Gasteiger partial charge in [0.05, 0.1) is 25.3 Å². The lowest BCUT2D eigenvalue weighted by atomic mass is 9.93. The highest BCUT2D eigenvalue weighted by Crippen LogP contribution is 2.45. The largest absolute Gasteiger partial charge is 0.481 e. The van der Waals surface area contributed by atoms with Crippen LogP contribution in [0.2, 0.25) is 0 Å². The van der Waals surface area contributed by atoms with Crippen LogP contribution in [0.15, 0.2) is 30.3 Å². The Morgan fingerprint density at radius 2 is 1.86 bits per heavy atom. The van der Waals surface area contributed by atoms with Gasteiger partial charge in [-0.25, -0.2) is 4.39 Å². The molecule has 8 heteroatoms. The molecule has 6 nitrogen and oxygen atoms in total. The number of hydrogen-bond donors (Lipinski definition) is 3. The number of hydrogen-bond acceptors (Lipinski definition) is 4. The van der Waals surface area contributed by atoms with Crippen molar-refractivity contribution in [3.8, 4) is 11.1 Å². The van der Waals surface area contributed by atoms with E-state index in [1.165, 1.54) is 6.07 Å². The number of rotatable bonds is 8. The number of aliphatic carboxylic acids is 1. The Morgan fingerprint density at radius 1 is 1.18 bits per heavy atom. The fourth-order valence-electron chi connectivity index (χ4n) is 3.01. The van der Waals surface area contributed by atoms with Gasteiger partial charge in [0.15, 0.2) is 0 Å². The number of halogens is 1. The Bertz CT molecular complexity index is 927. The Balaban J connectivity index is 2.29. The van der Waals surface area contributed by atoms with Gasteiger partial charge >= 0.3 is 13.6 Å². The average Bonchev–Trinajstić information content (AvgIpc) is 2.54. The second-order valence-electron chi connectivity index (χ2n) is 6.92. The average molecular weight is 410 g/mol. The van der Waals surface area contributed by atoms with Gasteiger partial charge in [-0.15, -0.1) is 0 Å². The molecule has 1 unspecified atom stereocenters. The lowest BCUT2D eigenvalue weighted by Gasteiger charge is -2.19. The molecule has 0 amide bonds. The minimum atomic E-state index is -4.20. The van der Waals surface area contributed by atoms with Crippen molar-refractivity contribution >= 4 is 13.6 Å². The van der Waals surface area contributed by atoms with Crippen LogP contribution in [0.1, 0.15) is 28.7 Å². The van der Waals surface area contributed by atoms with Crippen molar-refractivity contribution in [2.75, 3.05) is 6.16 Å². The Hall–Kier alpha value is -2.05. The summed E-state index contributed by atoms with van der Waals surface area (Å²) in [5, 5.41) is 18.3. The summed E-state index contributed by atoms with van der Waals surface area (Å²) in [5.74, 6) is -1.59. The van der Waals surface area contributed by atoms with E-state index in [9.17, 15) is 23.7 Å². The van der Waals surface area contributed by atoms with E-state index in [0.29, 0.717) is 11.1 Å². The van der Waals surface area contributed by atoms with Crippen LogP contribution in [0, 0.1) is 26.6 Å². The van der Waals surface area contributed by atoms with E-state index in [1.54, 1.807) is 19.1 Å². The number of aryl methyl sites for hydroxylation is 3. The third-order valence-electron chi connectivity index (χ3n) is 4.35. The van der Waals surface area contributed by atoms with Gasteiger partial charge in [0.2, 0.25) is 0 Å². The molecular formula is C20H24FO6P. The molecule has 0 aromatic heterocycles. The molecule has 0 bridgehead atoms. The lowest BCUT2D eigenvalue weighted by Crippen LogP contribution is -2.18. The monoisotopic (exact) mass is 410 g/mol. The van der Waals surface area contributed by atoms with Gasteiger partial charge in [-0.2, -0.15) is 0 Å². The number of carboxylic acid groups (broad SMARTS) is 1. The topological polar surface area (TPSA) is 104 Å². The quantitative estimate of drug-likeness (QED) is 0.569. The SMILES string of the molecule is Cc1cc(C)c(COP(=O)(O)C[C@@H](O)CC(=O)O)c(-c2ccc(F)c(C)c2)c1. The van der Waals surface area contributed by atoms with E-state index in [2.05, 4.69) is 0 Å². The Labute approximate surface area is 163 Å². The third-order valence-corrected chi connectivity index (χ3v) is 5.76. The Kier molecular flexibility index (Phi) is 7.12. The molecule has 0 aliphatic rings. The molecule has 0 aliphatic carbocycles. The predicted molar refractivity (Wildman–Crippen MR) is 104 cm³/mol. The molecule has 0 saturated carbocycles. The molecule has 0 radical (unpaired) electrons. The summed E-state index contributed by atoms with van der Waals surface area (Å²) in [6, 6.07) is 8.49. The zero-order valence-corrected chi connectivity index (χ0v) is 16.9. The highest BCUT2D eigenvalue weighted by molar-refractivity contribution is 7.52. The summed E-state index contributed by atoms with van der Waals surface area (Å²) >= 11 is 0. The van der Waals surface area contributed by atoms with E-state index in [1.807, 2.05) is 26.0 Å². The van der Waals surface area contributed by atoms with Crippen LogP contribution in [0.3, 0.4) is 0 Å². The van der Waals surface area contributed by atoms with Gasteiger partial charge in [-0.1, -0.05) is 23.8 Å². The molecule has 0 fully saturated rings. The summed E-state index contributed by atoms with van der Waals surface area (Å²) in [7, 11) is -4.20. The van der Waals surface area contributed by atoms with E-state index in [4.69, 9.17) is 9.63 Å². The fourth-order valence-corrected chi connectivity index (χ4v) is 4.11. The predicted octanol–water partition coefficient (Wildman–Crippen LogP) is 3.96. The first-order valence-corrected chi connectivity index (χ1v) is 10.5. The first-order chi connectivity index (χ1) is 13.0. The van der Waals surface area contributed by atoms with Gasteiger partial charge in [-0.05, 0) is 60.7 Å². The first kappa shape index (κ1) is 22.2. The van der Waals surface area contributed by atoms with Crippen LogP contribution in [-0.2, 0) is 20.5 Å². The summed E-state index contributed by atoms with van der Waals surface area (Å²) in [6.07, 6.45) is -2.79. The van der Waals surface area contributed by atoms with Crippen molar-refractivity contribution < 1.29 is 33.4 Å². The van der Waals surface area contributed by atoms with Crippen LogP contribution < -0.4 is 0 Å². The summed E-state index contributed by atoms with van der Waals surface area (Å²) in [4.78, 5) is 20.6. The number of carbonyl (C=O) groups is 1. The van der Waals surface area contributed by atoms with E-state index < -0.39 is 32.3 Å². The molecular weight excluding hydrogens is 386 g/mol. The van der Waals surface area contributed by atoms with Gasteiger partial charge < -0.3 is 19.6 Å². The van der Waals surface area contributed by atoms with Gasteiger partial charge in [-0.3, -0.25) is 9.36 Å². The molecule has 2 aromatic rings. The van der Waals surface area contributed by atoms with Crippen molar-refractivity contribution in [3.05, 3.63) is 58.4 Å². The smallest absolute Gasteiger partial charge is 0.331 e. The van der Waals surface area contributed by atoms with E-state index in [-0.39, 0.29) is 12.4 Å². The van der Waals surface area contributed by atoms with E-state index >= 15 is 0 Å². The standard InChI is InChI=1S/C20H24FO6P/c1-12-6-13(2)18(10-27-28(25,26)11-16(22)9-20(23)24)17(7-12)15-4-5-19(21)14(3)8-15/h4-8,16,22H,9-11H2,1-3H3,(H,23,24)(H,25,26)/t16-/m0/s1. The minimum Gasteiger partial charge on any atom is -0.481 e. The van der Waals surface area contributed by atoms with Crippen molar-refractivity contribution in [1.82, 2.24) is 0 Å². The fraction of sp³-hybridized carbons (Fsp3) is 0.350. The molecule has 152 valence electrons. The molecule has 3 N–H and O–H groups in total. The molecule has 2 rings (SSSR count). The van der Waals surface area contributed by atoms with Crippen molar-refractivity contribution in [2.45, 2.75) is 39.9 Å². The van der Waals surface area contributed by atoms with Crippen LogP contribution in [0.5, 0.6) is 0 Å². The van der Waals surface area contributed by atoms with Crippen molar-refractivity contribution in [3.63, 3.8) is 0 Å². The van der Waals surface area contributed by atoms with Crippen molar-refractivity contribution in [2.24, 2.45) is 0 Å². The third kappa shape index (κ3) is 5.97. The van der Waals surface area contributed by atoms with Crippen molar-refractivity contribution in [1.29, 1.82) is 0 Å². The first-order valence-electron chi connectivity index (χ1n) is 8.71. The second kappa shape index (κ2) is 8.97. The normalized spacial score (nSPS) is 14.5. The number of benzene rings is 2. The molecule has 0 spiro atoms. The molecule has 28 heavy (non-hydrogen) atoms. The van der Waals surface area contributed by atoms with Crippen LogP contribution in [0.25, 0.3) is 11.1 Å². The number of carboxylic acids is 1. The van der Waals surface area contributed by atoms with Gasteiger partial charge in [0, 0.05) is 0 Å². The molecule has 0 saturated heterocycles. The molecule has 0 heterocycles. The van der Waals surface area contributed by atoms with Gasteiger partial charge in [0.1, 0.15) is 5.82 Å². The van der Waals surface area contributed by atoms with E-state index in [0.717, 1.165) is 22.3 Å². The molecule has 2 atom stereocenters. The summed E-state index contributed by atoms with van der Waals surface area (Å²) in [5.41, 5.74) is 4.46. The maximum atomic E-state index is 13.6. The highest BCUT2D eigenvalue weighted by atomic mass is 31.2. The zero-order valence-electron chi connectivity index (χ0n) is 16.0.